The van der Waals surface area contributed by atoms with Gasteiger partial charge in [0.05, 0.1) is 24.4 Å². The number of hydrogen-bond donors (Lipinski definition) is 1. The molecule has 0 spiro atoms. The van der Waals surface area contributed by atoms with Crippen LogP contribution in [0.15, 0.2) is 47.0 Å². The molecule has 2 aromatic carbocycles. The number of methoxy groups -OCH3 is 1. The molecule has 1 aliphatic rings. The smallest absolute Gasteiger partial charge is 0.419 e. The zero-order valence-corrected chi connectivity index (χ0v) is 19.2. The van der Waals surface area contributed by atoms with Crippen LogP contribution in [0.3, 0.4) is 0 Å². The Balaban J connectivity index is 1.34. The Labute approximate surface area is 199 Å². The molecule has 7 nitrogen and oxygen atoms in total. The molecule has 35 heavy (non-hydrogen) atoms. The third kappa shape index (κ3) is 5.50. The van der Waals surface area contributed by atoms with Crippen LogP contribution in [-0.4, -0.2) is 49.2 Å². The molecule has 1 fully saturated rings. The number of alkyl halides is 3. The summed E-state index contributed by atoms with van der Waals surface area (Å²) in [7, 11) is 1.58. The van der Waals surface area contributed by atoms with E-state index in [0.29, 0.717) is 49.6 Å². The molecule has 2 heterocycles. The molecule has 0 atom stereocenters. The summed E-state index contributed by atoms with van der Waals surface area (Å²) in [6, 6.07) is 8.03. The Morgan fingerprint density at radius 2 is 1.89 bits per heavy atom. The molecule has 1 N–H and O–H groups in total. The number of rotatable bonds is 5. The SMILES string of the molecule is COc1cc(N2CCN(C(=O)NCc3ccc(F)c(C(F)(F)F)c3)CC2)ccc1-c1cnc(C)o1. The number of carbonyl (C=O) groups excluding carboxylic acids is 1. The van der Waals surface area contributed by atoms with Gasteiger partial charge in [-0.15, -0.1) is 0 Å². The van der Waals surface area contributed by atoms with E-state index in [0.717, 1.165) is 17.3 Å². The van der Waals surface area contributed by atoms with E-state index >= 15 is 0 Å². The van der Waals surface area contributed by atoms with Crippen molar-refractivity contribution in [2.75, 3.05) is 38.2 Å². The standard InChI is InChI=1S/C24H24F4N4O3/c1-15-29-14-22(35-15)18-5-4-17(12-21(18)34-2)31-7-9-32(10-8-31)23(33)30-13-16-3-6-20(25)19(11-16)24(26,27)28/h3-6,11-12,14H,7-10,13H2,1-2H3,(H,30,33). The number of ether oxygens (including phenoxy) is 1. The highest BCUT2D eigenvalue weighted by Gasteiger charge is 2.34. The minimum Gasteiger partial charge on any atom is -0.496 e. The average Bonchev–Trinajstić information content (AvgIpc) is 3.28. The molecule has 0 saturated carbocycles. The first kappa shape index (κ1) is 24.4. The summed E-state index contributed by atoms with van der Waals surface area (Å²) in [5.41, 5.74) is 0.523. The van der Waals surface area contributed by atoms with Crippen molar-refractivity contribution in [3.05, 3.63) is 65.4 Å². The molecule has 2 amide bonds. The lowest BCUT2D eigenvalue weighted by Crippen LogP contribution is -2.51. The highest BCUT2D eigenvalue weighted by atomic mass is 19.4. The van der Waals surface area contributed by atoms with Gasteiger partial charge in [0, 0.05) is 51.4 Å². The maximum absolute atomic E-state index is 13.5. The van der Waals surface area contributed by atoms with E-state index in [-0.39, 0.29) is 12.1 Å². The fourth-order valence-electron chi connectivity index (χ4n) is 3.92. The number of halogens is 4. The van der Waals surface area contributed by atoms with Crippen LogP contribution in [0.25, 0.3) is 11.3 Å². The zero-order valence-electron chi connectivity index (χ0n) is 19.2. The van der Waals surface area contributed by atoms with E-state index in [2.05, 4.69) is 15.2 Å². The van der Waals surface area contributed by atoms with Crippen molar-refractivity contribution >= 4 is 11.7 Å². The number of carbonyl (C=O) groups is 1. The highest BCUT2D eigenvalue weighted by Crippen LogP contribution is 2.34. The molecule has 4 rings (SSSR count). The molecule has 0 radical (unpaired) electrons. The number of aromatic nitrogens is 1. The van der Waals surface area contributed by atoms with Crippen LogP contribution in [0, 0.1) is 12.7 Å². The summed E-state index contributed by atoms with van der Waals surface area (Å²) >= 11 is 0. The molecule has 0 aliphatic carbocycles. The number of aryl methyl sites for hydroxylation is 1. The quantitative estimate of drug-likeness (QED) is 0.516. The lowest BCUT2D eigenvalue weighted by molar-refractivity contribution is -0.140. The van der Waals surface area contributed by atoms with E-state index in [1.165, 1.54) is 6.07 Å². The Kier molecular flexibility index (Phi) is 6.86. The summed E-state index contributed by atoms with van der Waals surface area (Å²) < 4.78 is 63.3. The van der Waals surface area contributed by atoms with Crippen LogP contribution in [-0.2, 0) is 12.7 Å². The summed E-state index contributed by atoms with van der Waals surface area (Å²) in [6.45, 7) is 3.60. The molecule has 0 unspecified atom stereocenters. The van der Waals surface area contributed by atoms with Crippen molar-refractivity contribution in [2.24, 2.45) is 0 Å². The first-order chi connectivity index (χ1) is 16.7. The second-order valence-electron chi connectivity index (χ2n) is 8.07. The molecule has 0 bridgehead atoms. The number of amides is 2. The van der Waals surface area contributed by atoms with E-state index in [4.69, 9.17) is 9.15 Å². The number of nitrogens with one attached hydrogen (secondary N) is 1. The Bertz CT molecular complexity index is 1200. The number of oxazole rings is 1. The van der Waals surface area contributed by atoms with Crippen LogP contribution in [0.1, 0.15) is 17.0 Å². The lowest BCUT2D eigenvalue weighted by atomic mass is 10.1. The topological polar surface area (TPSA) is 70.8 Å². The van der Waals surface area contributed by atoms with E-state index in [1.807, 2.05) is 18.2 Å². The predicted molar refractivity (Wildman–Crippen MR) is 121 cm³/mol. The third-order valence-corrected chi connectivity index (χ3v) is 5.78. The summed E-state index contributed by atoms with van der Waals surface area (Å²) in [5, 5.41) is 2.61. The van der Waals surface area contributed by atoms with Crippen molar-refractivity contribution in [2.45, 2.75) is 19.6 Å². The van der Waals surface area contributed by atoms with Gasteiger partial charge in [-0.05, 0) is 29.8 Å². The van der Waals surface area contributed by atoms with Gasteiger partial charge in [0.25, 0.3) is 0 Å². The Hall–Kier alpha value is -3.76. The van der Waals surface area contributed by atoms with Crippen molar-refractivity contribution in [3.8, 4) is 17.1 Å². The minimum atomic E-state index is -4.80. The summed E-state index contributed by atoms with van der Waals surface area (Å²) in [4.78, 5) is 20.3. The number of nitrogens with zero attached hydrogens (tertiary/aromatic N) is 3. The van der Waals surface area contributed by atoms with Gasteiger partial charge in [-0.3, -0.25) is 0 Å². The minimum absolute atomic E-state index is 0.137. The molecule has 1 aliphatic heterocycles. The number of hydrogen-bond acceptors (Lipinski definition) is 5. The maximum atomic E-state index is 13.5. The lowest BCUT2D eigenvalue weighted by Gasteiger charge is -2.36. The predicted octanol–water partition coefficient (Wildman–Crippen LogP) is 4.85. The fraction of sp³-hybridized carbons (Fsp3) is 0.333. The normalized spacial score (nSPS) is 14.2. The van der Waals surface area contributed by atoms with Gasteiger partial charge in [-0.2, -0.15) is 13.2 Å². The molecule has 1 aromatic heterocycles. The summed E-state index contributed by atoms with van der Waals surface area (Å²) in [5.74, 6) is 0.456. The first-order valence-corrected chi connectivity index (χ1v) is 10.9. The molecule has 1 saturated heterocycles. The van der Waals surface area contributed by atoms with Gasteiger partial charge >= 0.3 is 12.2 Å². The number of anilines is 1. The highest BCUT2D eigenvalue weighted by molar-refractivity contribution is 5.75. The number of benzene rings is 2. The van der Waals surface area contributed by atoms with Crippen molar-refractivity contribution in [3.63, 3.8) is 0 Å². The van der Waals surface area contributed by atoms with Crippen LogP contribution in [0.4, 0.5) is 28.0 Å². The molecular weight excluding hydrogens is 468 g/mol. The van der Waals surface area contributed by atoms with Crippen LogP contribution < -0.4 is 15.0 Å². The van der Waals surface area contributed by atoms with Gasteiger partial charge in [-0.25, -0.2) is 14.2 Å². The largest absolute Gasteiger partial charge is 0.496 e. The third-order valence-electron chi connectivity index (χ3n) is 5.78. The molecule has 3 aromatic rings. The van der Waals surface area contributed by atoms with E-state index in [1.54, 1.807) is 25.1 Å². The summed E-state index contributed by atoms with van der Waals surface area (Å²) in [6.07, 6.45) is -3.16. The van der Waals surface area contributed by atoms with E-state index < -0.39 is 23.6 Å². The fourth-order valence-corrected chi connectivity index (χ4v) is 3.92. The van der Waals surface area contributed by atoms with Crippen molar-refractivity contribution in [1.82, 2.24) is 15.2 Å². The molecular formula is C24H24F4N4O3. The van der Waals surface area contributed by atoms with E-state index in [9.17, 15) is 22.4 Å². The van der Waals surface area contributed by atoms with Gasteiger partial charge in [0.15, 0.2) is 11.7 Å². The Morgan fingerprint density at radius 1 is 1.14 bits per heavy atom. The zero-order chi connectivity index (χ0) is 25.2. The second-order valence-corrected chi connectivity index (χ2v) is 8.07. The van der Waals surface area contributed by atoms with Gasteiger partial charge in [-0.1, -0.05) is 6.07 Å². The van der Waals surface area contributed by atoms with Gasteiger partial charge < -0.3 is 24.3 Å². The van der Waals surface area contributed by atoms with Crippen LogP contribution in [0.5, 0.6) is 5.75 Å². The monoisotopic (exact) mass is 492 g/mol. The average molecular weight is 492 g/mol. The number of urea groups is 1. The molecule has 186 valence electrons. The molecule has 11 heteroatoms. The second kappa shape index (κ2) is 9.85. The Morgan fingerprint density at radius 3 is 2.51 bits per heavy atom. The number of piperazine rings is 1. The van der Waals surface area contributed by atoms with Gasteiger partial charge in [0.2, 0.25) is 0 Å². The van der Waals surface area contributed by atoms with Crippen LogP contribution >= 0.6 is 0 Å². The van der Waals surface area contributed by atoms with Crippen LogP contribution in [0.2, 0.25) is 0 Å². The van der Waals surface area contributed by atoms with Crippen molar-refractivity contribution in [1.29, 1.82) is 0 Å². The maximum Gasteiger partial charge on any atom is 0.419 e. The first-order valence-electron chi connectivity index (χ1n) is 10.9. The van der Waals surface area contributed by atoms with Crippen molar-refractivity contribution < 1.29 is 31.5 Å². The van der Waals surface area contributed by atoms with Gasteiger partial charge in [0.1, 0.15) is 11.6 Å².